The average molecular weight is 428 g/mol. The molecule has 8 nitrogen and oxygen atoms in total. The van der Waals surface area contributed by atoms with E-state index in [0.717, 1.165) is 61.8 Å². The molecule has 2 aliphatic rings. The Morgan fingerprint density at radius 1 is 1.16 bits per heavy atom. The van der Waals surface area contributed by atoms with Crippen molar-refractivity contribution in [3.8, 4) is 5.75 Å². The highest BCUT2D eigenvalue weighted by Gasteiger charge is 2.36. The minimum absolute atomic E-state index is 0.340. The van der Waals surface area contributed by atoms with Gasteiger partial charge in [-0.15, -0.1) is 5.48 Å². The second kappa shape index (κ2) is 6.61. The van der Waals surface area contributed by atoms with Gasteiger partial charge in [-0.1, -0.05) is 12.1 Å². The van der Waals surface area contributed by atoms with Crippen molar-refractivity contribution in [2.45, 2.75) is 26.3 Å². The topological polar surface area (TPSA) is 87.3 Å². The summed E-state index contributed by atoms with van der Waals surface area (Å²) in [6.45, 7) is 6.80. The summed E-state index contributed by atoms with van der Waals surface area (Å²) in [5, 5.41) is 5.43. The van der Waals surface area contributed by atoms with Crippen LogP contribution in [0.3, 0.4) is 0 Å². The van der Waals surface area contributed by atoms with Crippen LogP contribution in [0.25, 0.3) is 27.5 Å². The smallest absolute Gasteiger partial charge is 0.148 e. The van der Waals surface area contributed by atoms with Crippen molar-refractivity contribution in [2.75, 3.05) is 24.0 Å². The Kier molecular flexibility index (Phi) is 3.91. The molecule has 0 aliphatic carbocycles. The molecule has 0 saturated heterocycles. The number of rotatable bonds is 3. The predicted octanol–water partition coefficient (Wildman–Crippen LogP) is 4.69. The molecule has 4 heterocycles. The lowest BCUT2D eigenvalue weighted by molar-refractivity contribution is 0.0930. The Labute approximate surface area is 185 Å². The molecule has 4 aromatic rings. The number of nitrogens with zero attached hydrogens (tertiary/aromatic N) is 3. The van der Waals surface area contributed by atoms with Gasteiger partial charge in [0.2, 0.25) is 0 Å². The van der Waals surface area contributed by atoms with E-state index in [1.54, 1.807) is 13.4 Å². The number of H-pyrrole nitrogens is 1. The van der Waals surface area contributed by atoms with Crippen molar-refractivity contribution < 1.29 is 9.57 Å². The molecule has 162 valence electrons. The molecule has 3 N–H and O–H groups in total. The lowest BCUT2D eigenvalue weighted by Crippen LogP contribution is -2.34. The number of anilines is 3. The molecule has 0 amide bonds. The second-order valence-electron chi connectivity index (χ2n) is 8.68. The van der Waals surface area contributed by atoms with Gasteiger partial charge in [0.05, 0.1) is 36.1 Å². The lowest BCUT2D eigenvalue weighted by atomic mass is 9.87. The van der Waals surface area contributed by atoms with Crippen LogP contribution in [0.15, 0.2) is 48.5 Å². The molecule has 2 aromatic heterocycles. The van der Waals surface area contributed by atoms with Crippen molar-refractivity contribution >= 4 is 44.7 Å². The standard InChI is InChI=1S/C24H24N6O2/c1-13-21(24(2,3)29-32-13)15-9-17-14(10-19(15)31-4)20-22(28-17)25-11-26-23(20)30-12-27-16-7-5-6-8-18(16)30/h5-11,27,29H,12H2,1-4H3,(H,25,26,28). The number of allylic oxidation sites excluding steroid dienone is 1. The van der Waals surface area contributed by atoms with E-state index in [1.165, 1.54) is 0 Å². The van der Waals surface area contributed by atoms with E-state index in [2.05, 4.69) is 68.8 Å². The largest absolute Gasteiger partial charge is 0.496 e. The van der Waals surface area contributed by atoms with Crippen LogP contribution < -0.4 is 20.4 Å². The highest BCUT2D eigenvalue weighted by atomic mass is 16.7. The number of methoxy groups -OCH3 is 1. The van der Waals surface area contributed by atoms with Gasteiger partial charge in [0.15, 0.2) is 0 Å². The third-order valence-electron chi connectivity index (χ3n) is 6.27. The van der Waals surface area contributed by atoms with Gasteiger partial charge in [0.1, 0.15) is 29.3 Å². The Bertz CT molecular complexity index is 1420. The Morgan fingerprint density at radius 2 is 2.00 bits per heavy atom. The SMILES string of the molecule is COc1cc2c(cc1C1=C(C)ONC1(C)C)[nH]c1ncnc(N3CNc4ccccc43)c12. The molecule has 0 radical (unpaired) electrons. The van der Waals surface area contributed by atoms with E-state index >= 15 is 0 Å². The number of hydrogen-bond donors (Lipinski definition) is 3. The van der Waals surface area contributed by atoms with Gasteiger partial charge in [-0.05, 0) is 45.0 Å². The molecule has 0 unspecified atom stereocenters. The van der Waals surface area contributed by atoms with E-state index in [4.69, 9.17) is 9.57 Å². The van der Waals surface area contributed by atoms with Gasteiger partial charge in [-0.25, -0.2) is 9.97 Å². The zero-order valence-electron chi connectivity index (χ0n) is 18.4. The van der Waals surface area contributed by atoms with Crippen LogP contribution in [0.1, 0.15) is 26.3 Å². The number of para-hydroxylation sites is 2. The number of ether oxygens (including phenoxy) is 1. The Balaban J connectivity index is 1.60. The summed E-state index contributed by atoms with van der Waals surface area (Å²) in [6.07, 6.45) is 1.61. The molecule has 2 aliphatic heterocycles. The maximum Gasteiger partial charge on any atom is 0.148 e. The number of hydrogen-bond acceptors (Lipinski definition) is 7. The van der Waals surface area contributed by atoms with Gasteiger partial charge in [0, 0.05) is 22.0 Å². The maximum atomic E-state index is 5.85. The van der Waals surface area contributed by atoms with E-state index in [0.29, 0.717) is 6.67 Å². The van der Waals surface area contributed by atoms with Gasteiger partial charge in [-0.3, -0.25) is 0 Å². The monoisotopic (exact) mass is 428 g/mol. The fourth-order valence-corrected chi connectivity index (χ4v) is 4.88. The fraction of sp³-hybridized carbons (Fsp3) is 0.250. The molecular weight excluding hydrogens is 404 g/mol. The number of hydroxylamine groups is 1. The summed E-state index contributed by atoms with van der Waals surface area (Å²) in [5.41, 5.74) is 8.77. The summed E-state index contributed by atoms with van der Waals surface area (Å²) in [4.78, 5) is 20.5. The van der Waals surface area contributed by atoms with Crippen LogP contribution in [0, 0.1) is 0 Å². The second-order valence-corrected chi connectivity index (χ2v) is 8.68. The van der Waals surface area contributed by atoms with E-state index in [-0.39, 0.29) is 5.54 Å². The maximum absolute atomic E-state index is 5.85. The first kappa shape index (κ1) is 18.9. The number of fused-ring (bicyclic) bond motifs is 4. The minimum atomic E-state index is -0.340. The minimum Gasteiger partial charge on any atom is -0.496 e. The first-order valence-corrected chi connectivity index (χ1v) is 10.6. The highest BCUT2D eigenvalue weighted by Crippen LogP contribution is 2.44. The van der Waals surface area contributed by atoms with E-state index < -0.39 is 0 Å². The highest BCUT2D eigenvalue weighted by molar-refractivity contribution is 6.13. The van der Waals surface area contributed by atoms with Crippen LogP contribution in [0.5, 0.6) is 5.75 Å². The summed E-state index contributed by atoms with van der Waals surface area (Å²) in [7, 11) is 1.70. The van der Waals surface area contributed by atoms with E-state index in [1.807, 2.05) is 19.1 Å². The van der Waals surface area contributed by atoms with Crippen LogP contribution >= 0.6 is 0 Å². The molecular formula is C24H24N6O2. The van der Waals surface area contributed by atoms with Crippen molar-refractivity contribution in [2.24, 2.45) is 0 Å². The predicted molar refractivity (Wildman–Crippen MR) is 126 cm³/mol. The van der Waals surface area contributed by atoms with Crippen molar-refractivity contribution in [3.05, 3.63) is 54.0 Å². The first-order valence-electron chi connectivity index (χ1n) is 10.6. The summed E-state index contributed by atoms with van der Waals surface area (Å²) in [6, 6.07) is 12.4. The molecule has 0 saturated carbocycles. The quantitative estimate of drug-likeness (QED) is 0.436. The Morgan fingerprint density at radius 3 is 2.78 bits per heavy atom. The number of benzene rings is 2. The van der Waals surface area contributed by atoms with E-state index in [9.17, 15) is 0 Å². The zero-order valence-corrected chi connectivity index (χ0v) is 18.4. The molecule has 8 heteroatoms. The Hall–Kier alpha value is -3.78. The van der Waals surface area contributed by atoms with Crippen LogP contribution in [0.4, 0.5) is 17.2 Å². The first-order chi connectivity index (χ1) is 15.5. The normalized spacial score (nSPS) is 17.1. The van der Waals surface area contributed by atoms with Crippen LogP contribution in [-0.2, 0) is 4.84 Å². The van der Waals surface area contributed by atoms with Crippen LogP contribution in [0.2, 0.25) is 0 Å². The van der Waals surface area contributed by atoms with Gasteiger partial charge >= 0.3 is 0 Å². The molecule has 0 bridgehead atoms. The number of aromatic amines is 1. The molecule has 0 spiro atoms. The summed E-state index contributed by atoms with van der Waals surface area (Å²) < 4.78 is 5.85. The summed E-state index contributed by atoms with van der Waals surface area (Å²) in [5.74, 6) is 2.47. The number of aromatic nitrogens is 3. The van der Waals surface area contributed by atoms with Crippen LogP contribution in [-0.4, -0.2) is 34.3 Å². The third kappa shape index (κ3) is 2.59. The van der Waals surface area contributed by atoms with Crippen molar-refractivity contribution in [3.63, 3.8) is 0 Å². The average Bonchev–Trinajstić information content (AvgIpc) is 3.45. The molecule has 32 heavy (non-hydrogen) atoms. The third-order valence-corrected chi connectivity index (χ3v) is 6.27. The van der Waals surface area contributed by atoms with Crippen molar-refractivity contribution in [1.29, 1.82) is 0 Å². The van der Waals surface area contributed by atoms with Crippen molar-refractivity contribution in [1.82, 2.24) is 20.4 Å². The van der Waals surface area contributed by atoms with Gasteiger partial charge in [0.25, 0.3) is 0 Å². The summed E-state index contributed by atoms with van der Waals surface area (Å²) >= 11 is 0. The number of nitrogens with one attached hydrogen (secondary N) is 3. The van der Waals surface area contributed by atoms with Gasteiger partial charge < -0.3 is 24.8 Å². The lowest BCUT2D eigenvalue weighted by Gasteiger charge is -2.22. The molecule has 0 atom stereocenters. The van der Waals surface area contributed by atoms with Gasteiger partial charge in [-0.2, -0.15) is 0 Å². The molecule has 6 rings (SSSR count). The molecule has 0 fully saturated rings. The zero-order chi connectivity index (χ0) is 22.0. The fourth-order valence-electron chi connectivity index (χ4n) is 4.88. The molecule has 2 aromatic carbocycles.